The summed E-state index contributed by atoms with van der Waals surface area (Å²) in [7, 11) is 0. The lowest BCUT2D eigenvalue weighted by Gasteiger charge is -2.32. The first kappa shape index (κ1) is 16.4. The Balaban J connectivity index is 2.54. The molecule has 0 heterocycles. The third-order valence-corrected chi connectivity index (χ3v) is 4.62. The second-order valence-electron chi connectivity index (χ2n) is 5.94. The number of rotatable bonds is 7. The molecule has 0 bridgehead atoms. The highest BCUT2D eigenvalue weighted by atomic mass is 16.1. The van der Waals surface area contributed by atoms with Gasteiger partial charge in [0.25, 0.3) is 0 Å². The summed E-state index contributed by atoms with van der Waals surface area (Å²) in [5, 5.41) is 3.48. The third kappa shape index (κ3) is 4.77. The molecular formula is C15H31N3O. The Labute approximate surface area is 118 Å². The molecule has 2 atom stereocenters. The molecule has 1 rings (SSSR count). The molecule has 0 spiro atoms. The molecule has 0 aromatic heterocycles. The predicted octanol–water partition coefficient (Wildman–Crippen LogP) is 1.74. The fourth-order valence-corrected chi connectivity index (χ4v) is 3.02. The molecule has 112 valence electrons. The van der Waals surface area contributed by atoms with Crippen LogP contribution in [0.25, 0.3) is 0 Å². The molecule has 1 aliphatic rings. The normalized spacial score (nSPS) is 28.3. The van der Waals surface area contributed by atoms with Crippen molar-refractivity contribution in [3.8, 4) is 0 Å². The summed E-state index contributed by atoms with van der Waals surface area (Å²) in [5.74, 6) is 0.548. The van der Waals surface area contributed by atoms with Crippen molar-refractivity contribution in [2.24, 2.45) is 11.7 Å². The Morgan fingerprint density at radius 1 is 1.32 bits per heavy atom. The van der Waals surface area contributed by atoms with Crippen molar-refractivity contribution >= 4 is 5.91 Å². The Hall–Kier alpha value is -0.610. The van der Waals surface area contributed by atoms with E-state index in [1.165, 1.54) is 6.42 Å². The van der Waals surface area contributed by atoms with Gasteiger partial charge in [0, 0.05) is 13.1 Å². The number of likely N-dealkylation sites (N-methyl/N-ethyl adjacent to an activating group) is 1. The molecule has 19 heavy (non-hydrogen) atoms. The van der Waals surface area contributed by atoms with E-state index in [9.17, 15) is 4.79 Å². The quantitative estimate of drug-likeness (QED) is 0.692. The SMILES string of the molecule is CCN(CC)CCNC1(C(N)=O)CCCC(C)CC1. The molecule has 4 heteroatoms. The van der Waals surface area contributed by atoms with Crippen LogP contribution >= 0.6 is 0 Å². The second-order valence-corrected chi connectivity index (χ2v) is 5.94. The van der Waals surface area contributed by atoms with E-state index in [0.29, 0.717) is 5.92 Å². The minimum atomic E-state index is -0.460. The van der Waals surface area contributed by atoms with Crippen LogP contribution in [0, 0.1) is 5.92 Å². The maximum Gasteiger partial charge on any atom is 0.237 e. The highest BCUT2D eigenvalue weighted by Gasteiger charge is 2.37. The molecule has 0 aliphatic heterocycles. The number of carbonyl (C=O) groups is 1. The molecule has 3 N–H and O–H groups in total. The number of hydrogen-bond donors (Lipinski definition) is 2. The summed E-state index contributed by atoms with van der Waals surface area (Å²) in [6, 6.07) is 0. The number of nitrogens with zero attached hydrogens (tertiary/aromatic N) is 1. The highest BCUT2D eigenvalue weighted by molar-refractivity contribution is 5.84. The minimum absolute atomic E-state index is 0.166. The summed E-state index contributed by atoms with van der Waals surface area (Å²) in [5.41, 5.74) is 5.22. The monoisotopic (exact) mass is 269 g/mol. The van der Waals surface area contributed by atoms with E-state index >= 15 is 0 Å². The molecule has 4 nitrogen and oxygen atoms in total. The van der Waals surface area contributed by atoms with Gasteiger partial charge in [-0.2, -0.15) is 0 Å². The smallest absolute Gasteiger partial charge is 0.237 e. The summed E-state index contributed by atoms with van der Waals surface area (Å²) in [4.78, 5) is 14.3. The molecule has 1 fully saturated rings. The Kier molecular flexibility index (Phi) is 6.80. The van der Waals surface area contributed by atoms with Gasteiger partial charge in [-0.1, -0.05) is 33.6 Å². The average Bonchev–Trinajstić information content (AvgIpc) is 2.58. The lowest BCUT2D eigenvalue weighted by atomic mass is 9.89. The van der Waals surface area contributed by atoms with Gasteiger partial charge in [0.15, 0.2) is 0 Å². The van der Waals surface area contributed by atoms with E-state index in [1.807, 2.05) is 0 Å². The molecular weight excluding hydrogens is 238 g/mol. The van der Waals surface area contributed by atoms with Crippen molar-refractivity contribution in [1.82, 2.24) is 10.2 Å². The van der Waals surface area contributed by atoms with Gasteiger partial charge in [-0.3, -0.25) is 4.79 Å². The maximum absolute atomic E-state index is 11.9. The van der Waals surface area contributed by atoms with Crippen molar-refractivity contribution in [2.75, 3.05) is 26.2 Å². The largest absolute Gasteiger partial charge is 0.368 e. The summed E-state index contributed by atoms with van der Waals surface area (Å²) >= 11 is 0. The highest BCUT2D eigenvalue weighted by Crippen LogP contribution is 2.30. The number of primary amides is 1. The fourth-order valence-electron chi connectivity index (χ4n) is 3.02. The number of carbonyl (C=O) groups excluding carboxylic acids is 1. The standard InChI is InChI=1S/C15H31N3O/c1-4-18(5-2)12-11-17-15(14(16)19)9-6-7-13(3)8-10-15/h13,17H,4-12H2,1-3H3,(H2,16,19). The van der Waals surface area contributed by atoms with Crippen LogP contribution in [0.4, 0.5) is 0 Å². The maximum atomic E-state index is 11.9. The minimum Gasteiger partial charge on any atom is -0.368 e. The molecule has 0 aromatic rings. The van der Waals surface area contributed by atoms with Crippen LogP contribution < -0.4 is 11.1 Å². The molecule has 0 saturated heterocycles. The van der Waals surface area contributed by atoms with Crippen LogP contribution in [0.3, 0.4) is 0 Å². The van der Waals surface area contributed by atoms with Crippen molar-refractivity contribution in [3.05, 3.63) is 0 Å². The van der Waals surface area contributed by atoms with E-state index < -0.39 is 5.54 Å². The third-order valence-electron chi connectivity index (χ3n) is 4.62. The zero-order valence-corrected chi connectivity index (χ0v) is 12.9. The summed E-state index contributed by atoms with van der Waals surface area (Å²) < 4.78 is 0. The van der Waals surface area contributed by atoms with Gasteiger partial charge < -0.3 is 16.0 Å². The summed E-state index contributed by atoms with van der Waals surface area (Å²) in [6.45, 7) is 10.5. The van der Waals surface area contributed by atoms with Crippen LogP contribution in [-0.4, -0.2) is 42.5 Å². The Bertz CT molecular complexity index is 279. The molecule has 2 unspecified atom stereocenters. The van der Waals surface area contributed by atoms with Crippen molar-refractivity contribution in [1.29, 1.82) is 0 Å². The van der Waals surface area contributed by atoms with Crippen LogP contribution in [-0.2, 0) is 4.79 Å². The average molecular weight is 269 g/mol. The Morgan fingerprint density at radius 3 is 2.58 bits per heavy atom. The number of nitrogens with two attached hydrogens (primary N) is 1. The lowest BCUT2D eigenvalue weighted by molar-refractivity contribution is -0.125. The van der Waals surface area contributed by atoms with Crippen molar-refractivity contribution < 1.29 is 4.79 Å². The van der Waals surface area contributed by atoms with E-state index in [0.717, 1.165) is 51.9 Å². The van der Waals surface area contributed by atoms with Crippen molar-refractivity contribution in [2.45, 2.75) is 58.4 Å². The first-order valence-electron chi connectivity index (χ1n) is 7.81. The van der Waals surface area contributed by atoms with Crippen LogP contribution in [0.15, 0.2) is 0 Å². The topological polar surface area (TPSA) is 58.4 Å². The number of nitrogens with one attached hydrogen (secondary N) is 1. The van der Waals surface area contributed by atoms with Gasteiger partial charge in [0.1, 0.15) is 0 Å². The van der Waals surface area contributed by atoms with Gasteiger partial charge in [-0.25, -0.2) is 0 Å². The molecule has 0 radical (unpaired) electrons. The zero-order chi connectivity index (χ0) is 14.3. The summed E-state index contributed by atoms with van der Waals surface area (Å²) in [6.07, 6.45) is 5.20. The first-order chi connectivity index (χ1) is 9.04. The molecule has 0 aromatic carbocycles. The molecule has 1 saturated carbocycles. The van der Waals surface area contributed by atoms with Gasteiger partial charge in [-0.15, -0.1) is 0 Å². The van der Waals surface area contributed by atoms with Crippen LogP contribution in [0.2, 0.25) is 0 Å². The van der Waals surface area contributed by atoms with Crippen LogP contribution in [0.1, 0.15) is 52.9 Å². The Morgan fingerprint density at radius 2 is 2.00 bits per heavy atom. The van der Waals surface area contributed by atoms with E-state index in [4.69, 9.17) is 5.73 Å². The van der Waals surface area contributed by atoms with E-state index in [-0.39, 0.29) is 5.91 Å². The first-order valence-corrected chi connectivity index (χ1v) is 7.81. The predicted molar refractivity (Wildman–Crippen MR) is 80.0 cm³/mol. The van der Waals surface area contributed by atoms with Gasteiger partial charge in [0.05, 0.1) is 5.54 Å². The lowest BCUT2D eigenvalue weighted by Crippen LogP contribution is -2.56. The number of amides is 1. The van der Waals surface area contributed by atoms with E-state index in [2.05, 4.69) is 31.0 Å². The molecule has 1 aliphatic carbocycles. The fraction of sp³-hybridized carbons (Fsp3) is 0.933. The van der Waals surface area contributed by atoms with Crippen LogP contribution in [0.5, 0.6) is 0 Å². The second kappa shape index (κ2) is 7.85. The molecule has 1 amide bonds. The zero-order valence-electron chi connectivity index (χ0n) is 12.9. The van der Waals surface area contributed by atoms with E-state index in [1.54, 1.807) is 0 Å². The van der Waals surface area contributed by atoms with Gasteiger partial charge >= 0.3 is 0 Å². The van der Waals surface area contributed by atoms with Gasteiger partial charge in [0.2, 0.25) is 5.91 Å². The number of hydrogen-bond acceptors (Lipinski definition) is 3. The van der Waals surface area contributed by atoms with Gasteiger partial charge in [-0.05, 0) is 38.3 Å². The van der Waals surface area contributed by atoms with Crippen molar-refractivity contribution in [3.63, 3.8) is 0 Å².